The molecule has 1 heterocycles. The monoisotopic (exact) mass is 453 g/mol. The molecule has 1 aromatic carbocycles. The molecule has 0 N–H and O–H groups in total. The lowest BCUT2D eigenvalue weighted by Gasteiger charge is -2.07. The zero-order valence-electron chi connectivity index (χ0n) is 22.1. The normalized spacial score (nSPS) is 11.3. The summed E-state index contributed by atoms with van der Waals surface area (Å²) in [4.78, 5) is 0. The summed E-state index contributed by atoms with van der Waals surface area (Å²) in [7, 11) is 0. The van der Waals surface area contributed by atoms with Gasteiger partial charge in [-0.15, -0.1) is 0 Å². The van der Waals surface area contributed by atoms with Gasteiger partial charge in [0.1, 0.15) is 12.4 Å². The zero-order chi connectivity index (χ0) is 23.4. The van der Waals surface area contributed by atoms with Crippen molar-refractivity contribution < 1.29 is 4.57 Å². The summed E-state index contributed by atoms with van der Waals surface area (Å²) in [5.74, 6) is 1.57. The molecule has 186 valence electrons. The van der Waals surface area contributed by atoms with Crippen molar-refractivity contribution in [1.29, 1.82) is 0 Å². The van der Waals surface area contributed by atoms with Crippen LogP contribution in [0.1, 0.15) is 128 Å². The maximum absolute atomic E-state index is 2.56. The van der Waals surface area contributed by atoms with Crippen LogP contribution in [0.15, 0.2) is 42.7 Å². The minimum atomic E-state index is 1.14. The maximum Gasteiger partial charge on any atom is 0.256 e. The molecule has 2 aromatic rings. The number of hydrogen-bond acceptors (Lipinski definition) is 0. The number of nitrogens with zero attached hydrogens (tertiary/aromatic N) is 2. The summed E-state index contributed by atoms with van der Waals surface area (Å²) in [5.41, 5.74) is 1.46. The lowest BCUT2D eigenvalue weighted by atomic mass is 10.1. The van der Waals surface area contributed by atoms with Gasteiger partial charge >= 0.3 is 0 Å². The van der Waals surface area contributed by atoms with E-state index in [0.717, 1.165) is 6.54 Å². The van der Waals surface area contributed by atoms with E-state index in [4.69, 9.17) is 0 Å². The van der Waals surface area contributed by atoms with E-state index >= 15 is 0 Å². The van der Waals surface area contributed by atoms with Gasteiger partial charge < -0.3 is 0 Å². The molecular formula is C31H53N2+. The second-order valence-corrected chi connectivity index (χ2v) is 10.0. The van der Waals surface area contributed by atoms with Crippen LogP contribution in [0.25, 0.3) is 0 Å². The van der Waals surface area contributed by atoms with Crippen molar-refractivity contribution in [3.8, 4) is 0 Å². The molecule has 2 rings (SSSR count). The highest BCUT2D eigenvalue weighted by Crippen LogP contribution is 2.13. The first-order valence-electron chi connectivity index (χ1n) is 14.5. The Hall–Kier alpha value is -1.57. The van der Waals surface area contributed by atoms with Gasteiger partial charge in [0.15, 0.2) is 0 Å². The van der Waals surface area contributed by atoms with Gasteiger partial charge in [-0.3, -0.25) is 0 Å². The van der Waals surface area contributed by atoms with Crippen LogP contribution in [0.2, 0.25) is 0 Å². The molecule has 0 saturated carbocycles. The number of aromatic nitrogens is 2. The molecule has 0 spiro atoms. The van der Waals surface area contributed by atoms with E-state index in [0.29, 0.717) is 0 Å². The predicted octanol–water partition coefficient (Wildman–Crippen LogP) is 8.84. The molecule has 0 radical (unpaired) electrons. The number of benzene rings is 1. The van der Waals surface area contributed by atoms with Crippen molar-refractivity contribution in [2.45, 2.75) is 143 Å². The first kappa shape index (κ1) is 27.7. The van der Waals surface area contributed by atoms with Crippen LogP contribution in [0.4, 0.5) is 0 Å². The van der Waals surface area contributed by atoms with E-state index in [1.54, 1.807) is 5.82 Å². The van der Waals surface area contributed by atoms with Gasteiger partial charge in [-0.1, -0.05) is 121 Å². The average molecular weight is 454 g/mol. The molecule has 2 nitrogen and oxygen atoms in total. The van der Waals surface area contributed by atoms with Gasteiger partial charge in [-0.05, 0) is 37.7 Å². The second kappa shape index (κ2) is 18.8. The topological polar surface area (TPSA) is 8.81 Å². The summed E-state index contributed by atoms with van der Waals surface area (Å²) in [5, 5.41) is 0. The van der Waals surface area contributed by atoms with Crippen LogP contribution < -0.4 is 4.57 Å². The van der Waals surface area contributed by atoms with Gasteiger partial charge in [0, 0.05) is 6.42 Å². The number of imidazole rings is 1. The molecule has 0 aliphatic rings. The largest absolute Gasteiger partial charge is 0.256 e. The molecule has 0 fully saturated rings. The molecule has 0 atom stereocenters. The third-order valence-electron chi connectivity index (χ3n) is 7.05. The van der Waals surface area contributed by atoms with Crippen molar-refractivity contribution in [3.63, 3.8) is 0 Å². The van der Waals surface area contributed by atoms with E-state index in [9.17, 15) is 0 Å². The average Bonchev–Trinajstić information content (AvgIpc) is 3.22. The Morgan fingerprint density at radius 2 is 1.18 bits per heavy atom. The highest BCUT2D eigenvalue weighted by molar-refractivity contribution is 5.14. The van der Waals surface area contributed by atoms with Crippen molar-refractivity contribution in [2.75, 3.05) is 0 Å². The smallest absolute Gasteiger partial charge is 0.234 e. The maximum atomic E-state index is 2.56. The van der Waals surface area contributed by atoms with Crippen LogP contribution in [-0.2, 0) is 25.9 Å². The summed E-state index contributed by atoms with van der Waals surface area (Å²) >= 11 is 0. The van der Waals surface area contributed by atoms with Gasteiger partial charge in [-0.25, -0.2) is 9.13 Å². The van der Waals surface area contributed by atoms with E-state index in [-0.39, 0.29) is 0 Å². The SMILES string of the molecule is CCCCCCCCCCCCCc1n(CCCCCC)cc[n+]1CCCc1ccccc1. The third-order valence-corrected chi connectivity index (χ3v) is 7.05. The Balaban J connectivity index is 1.71. The van der Waals surface area contributed by atoms with Crippen LogP contribution in [0.5, 0.6) is 0 Å². The molecule has 0 saturated heterocycles. The number of rotatable bonds is 21. The van der Waals surface area contributed by atoms with Crippen LogP contribution >= 0.6 is 0 Å². The molecule has 1 aromatic heterocycles. The first-order valence-corrected chi connectivity index (χ1v) is 14.5. The summed E-state index contributed by atoms with van der Waals surface area (Å²) < 4.78 is 5.12. The zero-order valence-corrected chi connectivity index (χ0v) is 22.1. The molecule has 2 heteroatoms. The highest BCUT2D eigenvalue weighted by atomic mass is 15.1. The van der Waals surface area contributed by atoms with Gasteiger partial charge in [0.05, 0.1) is 13.1 Å². The minimum Gasteiger partial charge on any atom is -0.234 e. The van der Waals surface area contributed by atoms with Gasteiger partial charge in [0.2, 0.25) is 0 Å². The van der Waals surface area contributed by atoms with Crippen molar-refractivity contribution in [2.24, 2.45) is 0 Å². The summed E-state index contributed by atoms with van der Waals surface area (Å²) in [6.07, 6.45) is 29.3. The summed E-state index contributed by atoms with van der Waals surface area (Å²) in [6, 6.07) is 11.0. The van der Waals surface area contributed by atoms with Crippen molar-refractivity contribution in [1.82, 2.24) is 4.57 Å². The quantitative estimate of drug-likeness (QED) is 0.132. The minimum absolute atomic E-state index is 1.14. The second-order valence-electron chi connectivity index (χ2n) is 10.0. The van der Waals surface area contributed by atoms with Gasteiger partial charge in [-0.2, -0.15) is 0 Å². The van der Waals surface area contributed by atoms with E-state index in [1.807, 2.05) is 0 Å². The fourth-order valence-corrected chi connectivity index (χ4v) is 4.95. The molecule has 0 amide bonds. The van der Waals surface area contributed by atoms with Crippen LogP contribution in [0.3, 0.4) is 0 Å². The Morgan fingerprint density at radius 3 is 1.82 bits per heavy atom. The van der Waals surface area contributed by atoms with E-state index < -0.39 is 0 Å². The molecule has 0 bridgehead atoms. The Labute approximate surface area is 205 Å². The number of aryl methyl sites for hydroxylation is 3. The molecule has 0 unspecified atom stereocenters. The van der Waals surface area contributed by atoms with Crippen molar-refractivity contribution in [3.05, 3.63) is 54.1 Å². The van der Waals surface area contributed by atoms with E-state index in [1.165, 1.54) is 128 Å². The molecule has 0 aliphatic carbocycles. The standard InChI is InChI=1S/C31H53N2/c1-3-5-7-9-10-11-12-13-14-15-19-25-31-32(26-20-8-6-4-2)28-29-33(31)27-21-24-30-22-17-16-18-23-30/h16-18,22-23,28-29H,3-15,19-21,24-27H2,1-2H3/q+1. The Kier molecular flexibility index (Phi) is 15.8. The predicted molar refractivity (Wildman–Crippen MR) is 144 cm³/mol. The van der Waals surface area contributed by atoms with E-state index in [2.05, 4.69) is 65.7 Å². The lowest BCUT2D eigenvalue weighted by Crippen LogP contribution is -2.37. The molecular weight excluding hydrogens is 400 g/mol. The molecule has 0 aliphatic heterocycles. The van der Waals surface area contributed by atoms with Crippen molar-refractivity contribution >= 4 is 0 Å². The third kappa shape index (κ3) is 12.5. The fourth-order valence-electron chi connectivity index (χ4n) is 4.95. The summed E-state index contributed by atoms with van der Waals surface area (Å²) in [6.45, 7) is 6.94. The van der Waals surface area contributed by atoms with Crippen LogP contribution in [-0.4, -0.2) is 4.57 Å². The number of unbranched alkanes of at least 4 members (excludes halogenated alkanes) is 13. The van der Waals surface area contributed by atoms with Crippen LogP contribution in [0, 0.1) is 0 Å². The molecule has 33 heavy (non-hydrogen) atoms. The number of hydrogen-bond donors (Lipinski definition) is 0. The highest BCUT2D eigenvalue weighted by Gasteiger charge is 2.16. The fraction of sp³-hybridized carbons (Fsp3) is 0.710. The Morgan fingerprint density at radius 1 is 0.606 bits per heavy atom. The first-order chi connectivity index (χ1) is 16.3. The van der Waals surface area contributed by atoms with Gasteiger partial charge in [0.25, 0.3) is 5.82 Å². The Bertz CT molecular complexity index is 688. The lowest BCUT2D eigenvalue weighted by molar-refractivity contribution is -0.704.